The van der Waals surface area contributed by atoms with Gasteiger partial charge in [0, 0.05) is 24.7 Å². The van der Waals surface area contributed by atoms with Gasteiger partial charge in [-0.2, -0.15) is 0 Å². The van der Waals surface area contributed by atoms with Crippen molar-refractivity contribution in [2.45, 2.75) is 38.0 Å². The van der Waals surface area contributed by atoms with E-state index in [0.717, 1.165) is 25.8 Å². The largest absolute Gasteiger partial charge is 0.493 e. The van der Waals surface area contributed by atoms with Gasteiger partial charge in [-0.3, -0.25) is 4.79 Å². The van der Waals surface area contributed by atoms with Crippen LogP contribution in [0.2, 0.25) is 0 Å². The SMILES string of the molecule is COc1cc([C@@]23CCCC=C2N(C)CC3)cc(C(C)=O)c1OC. The summed E-state index contributed by atoms with van der Waals surface area (Å²) in [5.74, 6) is 1.18. The van der Waals surface area contributed by atoms with E-state index in [1.54, 1.807) is 21.1 Å². The van der Waals surface area contributed by atoms with Crippen molar-refractivity contribution >= 4 is 5.78 Å². The fourth-order valence-electron chi connectivity index (χ4n) is 4.16. The van der Waals surface area contributed by atoms with Crippen molar-refractivity contribution in [1.82, 2.24) is 4.90 Å². The van der Waals surface area contributed by atoms with E-state index in [4.69, 9.17) is 9.47 Å². The van der Waals surface area contributed by atoms with Gasteiger partial charge in [0.2, 0.25) is 0 Å². The molecule has 0 radical (unpaired) electrons. The number of ketones is 1. The van der Waals surface area contributed by atoms with Gasteiger partial charge >= 0.3 is 0 Å². The summed E-state index contributed by atoms with van der Waals surface area (Å²) in [5, 5.41) is 0. The number of ether oxygens (including phenoxy) is 2. The molecule has 0 amide bonds. The highest BCUT2D eigenvalue weighted by Crippen LogP contribution is 2.50. The quantitative estimate of drug-likeness (QED) is 0.797. The number of methoxy groups -OCH3 is 2. The monoisotopic (exact) mass is 315 g/mol. The first-order valence-electron chi connectivity index (χ1n) is 8.22. The minimum Gasteiger partial charge on any atom is -0.493 e. The van der Waals surface area contributed by atoms with Crippen LogP contribution in [0.4, 0.5) is 0 Å². The Morgan fingerprint density at radius 3 is 2.65 bits per heavy atom. The summed E-state index contributed by atoms with van der Waals surface area (Å²) in [7, 11) is 5.37. The van der Waals surface area contributed by atoms with E-state index in [9.17, 15) is 4.79 Å². The summed E-state index contributed by atoms with van der Waals surface area (Å²) in [6.45, 7) is 2.63. The number of benzene rings is 1. The maximum atomic E-state index is 12.1. The molecule has 4 nitrogen and oxygen atoms in total. The van der Waals surface area contributed by atoms with E-state index in [1.165, 1.54) is 17.7 Å². The second-order valence-electron chi connectivity index (χ2n) is 6.55. The molecule has 1 atom stereocenters. The Bertz CT molecular complexity index is 665. The Labute approximate surface area is 138 Å². The molecule has 0 spiro atoms. The topological polar surface area (TPSA) is 38.8 Å². The number of carbonyl (C=O) groups is 1. The molecule has 0 bridgehead atoms. The summed E-state index contributed by atoms with van der Waals surface area (Å²) in [6, 6.07) is 4.08. The molecule has 124 valence electrons. The molecule has 0 aromatic heterocycles. The highest BCUT2D eigenvalue weighted by Gasteiger charge is 2.44. The predicted molar refractivity (Wildman–Crippen MR) is 90.4 cm³/mol. The molecule has 4 heteroatoms. The lowest BCUT2D eigenvalue weighted by atomic mass is 9.70. The molecule has 1 heterocycles. The third-order valence-electron chi connectivity index (χ3n) is 5.33. The third-order valence-corrected chi connectivity index (χ3v) is 5.33. The average Bonchev–Trinajstić information content (AvgIpc) is 2.92. The lowest BCUT2D eigenvalue weighted by molar-refractivity contribution is 0.101. The third kappa shape index (κ3) is 2.41. The molecule has 0 unspecified atom stereocenters. The van der Waals surface area contributed by atoms with Gasteiger partial charge in [-0.1, -0.05) is 6.08 Å². The van der Waals surface area contributed by atoms with Crippen molar-refractivity contribution < 1.29 is 14.3 Å². The van der Waals surface area contributed by atoms with Crippen LogP contribution in [0.5, 0.6) is 11.5 Å². The zero-order valence-electron chi connectivity index (χ0n) is 14.4. The second-order valence-corrected chi connectivity index (χ2v) is 6.55. The van der Waals surface area contributed by atoms with E-state index >= 15 is 0 Å². The van der Waals surface area contributed by atoms with Crippen molar-refractivity contribution in [1.29, 1.82) is 0 Å². The van der Waals surface area contributed by atoms with E-state index < -0.39 is 0 Å². The molecule has 1 aromatic rings. The van der Waals surface area contributed by atoms with Crippen molar-refractivity contribution in [3.8, 4) is 11.5 Å². The molecule has 0 saturated carbocycles. The first-order chi connectivity index (χ1) is 11.0. The number of fused-ring (bicyclic) bond motifs is 1. The molecule has 1 aliphatic heterocycles. The lowest BCUT2D eigenvalue weighted by Gasteiger charge is -2.36. The van der Waals surface area contributed by atoms with Crippen LogP contribution in [0.1, 0.15) is 48.5 Å². The molecule has 1 aliphatic carbocycles. The Balaban J connectivity index is 2.20. The summed E-state index contributed by atoms with van der Waals surface area (Å²) in [4.78, 5) is 14.5. The van der Waals surface area contributed by atoms with E-state index in [1.807, 2.05) is 6.07 Å². The Hall–Kier alpha value is -1.97. The molecular formula is C19H25NO3. The van der Waals surface area contributed by atoms with Gasteiger partial charge in [0.25, 0.3) is 0 Å². The molecule has 23 heavy (non-hydrogen) atoms. The molecule has 1 aromatic carbocycles. The zero-order chi connectivity index (χ0) is 16.6. The molecule has 2 aliphatic rings. The summed E-state index contributed by atoms with van der Waals surface area (Å²) < 4.78 is 11.0. The number of rotatable bonds is 4. The van der Waals surface area contributed by atoms with Crippen LogP contribution in [0.25, 0.3) is 0 Å². The van der Waals surface area contributed by atoms with E-state index in [2.05, 4.69) is 24.1 Å². The Morgan fingerprint density at radius 1 is 1.22 bits per heavy atom. The molecule has 1 saturated heterocycles. The van der Waals surface area contributed by atoms with Crippen LogP contribution < -0.4 is 9.47 Å². The number of hydrogen-bond donors (Lipinski definition) is 0. The Kier molecular flexibility index (Phi) is 4.09. The average molecular weight is 315 g/mol. The van der Waals surface area contributed by atoms with E-state index in [-0.39, 0.29) is 11.2 Å². The van der Waals surface area contributed by atoms with Crippen LogP contribution in [0.3, 0.4) is 0 Å². The fraction of sp³-hybridized carbons (Fsp3) is 0.526. The fourth-order valence-corrected chi connectivity index (χ4v) is 4.16. The highest BCUT2D eigenvalue weighted by atomic mass is 16.5. The maximum Gasteiger partial charge on any atom is 0.171 e. The van der Waals surface area contributed by atoms with Crippen molar-refractivity contribution in [3.63, 3.8) is 0 Å². The van der Waals surface area contributed by atoms with Crippen LogP contribution in [0.15, 0.2) is 23.9 Å². The number of nitrogens with zero attached hydrogens (tertiary/aromatic N) is 1. The van der Waals surface area contributed by atoms with Crippen molar-refractivity contribution in [2.24, 2.45) is 0 Å². The maximum absolute atomic E-state index is 12.1. The highest BCUT2D eigenvalue weighted by molar-refractivity contribution is 5.98. The normalized spacial score (nSPS) is 23.3. The number of allylic oxidation sites excluding steroid dienone is 2. The summed E-state index contributed by atoms with van der Waals surface area (Å²) in [6.07, 6.45) is 6.88. The molecule has 1 fully saturated rings. The molecular weight excluding hydrogens is 290 g/mol. The molecule has 0 N–H and O–H groups in total. The van der Waals surface area contributed by atoms with Crippen LogP contribution in [-0.4, -0.2) is 38.5 Å². The lowest BCUT2D eigenvalue weighted by Crippen LogP contribution is -2.30. The van der Waals surface area contributed by atoms with Gasteiger partial charge in [0.05, 0.1) is 19.8 Å². The minimum absolute atomic E-state index is 0.00564. The first-order valence-corrected chi connectivity index (χ1v) is 8.22. The van der Waals surface area contributed by atoms with Gasteiger partial charge < -0.3 is 14.4 Å². The summed E-state index contributed by atoms with van der Waals surface area (Å²) in [5.41, 5.74) is 3.19. The van der Waals surface area contributed by atoms with Crippen LogP contribution in [-0.2, 0) is 5.41 Å². The van der Waals surface area contributed by atoms with Gasteiger partial charge in [-0.15, -0.1) is 0 Å². The molecule has 3 rings (SSSR count). The zero-order valence-corrected chi connectivity index (χ0v) is 14.4. The standard InChI is InChI=1S/C19H25NO3/c1-13(21)15-11-14(12-16(22-3)18(15)23-4)19-8-6-5-7-17(19)20(2)10-9-19/h7,11-12H,5-6,8-10H2,1-4H3/t19-/m0/s1. The van der Waals surface area contributed by atoms with Crippen molar-refractivity contribution in [2.75, 3.05) is 27.8 Å². The first kappa shape index (κ1) is 15.9. The van der Waals surface area contributed by atoms with E-state index in [0.29, 0.717) is 17.1 Å². The van der Waals surface area contributed by atoms with Crippen LogP contribution >= 0.6 is 0 Å². The van der Waals surface area contributed by atoms with Gasteiger partial charge in [0.1, 0.15) is 0 Å². The number of Topliss-reactive ketones (excluding diaryl/α,β-unsaturated/α-hetero) is 1. The number of likely N-dealkylation sites (tertiary alicyclic amines) is 1. The summed E-state index contributed by atoms with van der Waals surface area (Å²) >= 11 is 0. The van der Waals surface area contributed by atoms with Crippen LogP contribution in [0, 0.1) is 0 Å². The Morgan fingerprint density at radius 2 is 2.00 bits per heavy atom. The smallest absolute Gasteiger partial charge is 0.171 e. The van der Waals surface area contributed by atoms with Crippen molar-refractivity contribution in [3.05, 3.63) is 35.0 Å². The second kappa shape index (κ2) is 5.91. The minimum atomic E-state index is 0.00564. The number of hydrogen-bond acceptors (Lipinski definition) is 4. The van der Waals surface area contributed by atoms with Gasteiger partial charge in [-0.25, -0.2) is 0 Å². The van der Waals surface area contributed by atoms with Gasteiger partial charge in [-0.05, 0) is 50.3 Å². The number of carbonyl (C=O) groups excluding carboxylic acids is 1. The predicted octanol–water partition coefficient (Wildman–Crippen LogP) is 3.55. The van der Waals surface area contributed by atoms with Gasteiger partial charge in [0.15, 0.2) is 17.3 Å². The number of likely N-dealkylation sites (N-methyl/N-ethyl adjacent to an activating group) is 1.